The first kappa shape index (κ1) is 9.42. The lowest BCUT2D eigenvalue weighted by atomic mass is 10.6. The molecule has 0 bridgehead atoms. The van der Waals surface area contributed by atoms with Crippen LogP contribution in [0.5, 0.6) is 0 Å². The second-order valence-electron chi connectivity index (χ2n) is 2.55. The van der Waals surface area contributed by atoms with Gasteiger partial charge in [-0.3, -0.25) is 0 Å². The van der Waals surface area contributed by atoms with Crippen LogP contribution in [0.1, 0.15) is 0 Å². The van der Waals surface area contributed by atoms with Crippen LogP contribution in [0.2, 0.25) is 0 Å². The summed E-state index contributed by atoms with van der Waals surface area (Å²) >= 11 is 0. The first-order chi connectivity index (χ1) is 6.71. The van der Waals surface area contributed by atoms with Gasteiger partial charge >= 0.3 is 0 Å². The van der Waals surface area contributed by atoms with Gasteiger partial charge in [0.1, 0.15) is 0 Å². The topological polar surface area (TPSA) is 59.9 Å². The average Bonchev–Trinajstić information content (AvgIpc) is 2.72. The van der Waals surface area contributed by atoms with Crippen LogP contribution < -0.4 is 0 Å². The number of nitrogens with zero attached hydrogens (tertiary/aromatic N) is 2. The van der Waals surface area contributed by atoms with Crippen molar-refractivity contribution in [1.29, 1.82) is 0 Å². The summed E-state index contributed by atoms with van der Waals surface area (Å²) in [5.74, 6) is 0. The zero-order valence-corrected chi connectivity index (χ0v) is 8.82. The monoisotopic (exact) mass is 228 g/mol. The molecule has 0 aromatic carbocycles. The Morgan fingerprint density at radius 3 is 2.21 bits per heavy atom. The molecule has 2 rings (SSSR count). The molecule has 0 spiro atoms. The third-order valence-electron chi connectivity index (χ3n) is 1.63. The lowest BCUT2D eigenvalue weighted by molar-refractivity contribution is 0.602. The van der Waals surface area contributed by atoms with Crippen LogP contribution in [0.4, 0.5) is 0 Å². The van der Waals surface area contributed by atoms with E-state index in [1.807, 2.05) is 0 Å². The molecule has 1 aromatic rings. The second-order valence-corrected chi connectivity index (χ2v) is 7.89. The van der Waals surface area contributed by atoms with E-state index in [-0.39, 0.29) is 5.16 Å². The quantitative estimate of drug-likeness (QED) is 0.469. The first-order valence-electron chi connectivity index (χ1n) is 3.87. The zero-order valence-electron chi connectivity index (χ0n) is 7.11. The van der Waals surface area contributed by atoms with Crippen LogP contribution in [0.15, 0.2) is 46.6 Å². The highest BCUT2D eigenvalue weighted by Crippen LogP contribution is 2.42. The van der Waals surface area contributed by atoms with Gasteiger partial charge in [0, 0.05) is 12.4 Å². The van der Waals surface area contributed by atoms with Crippen molar-refractivity contribution in [3.63, 3.8) is 0 Å². The van der Waals surface area contributed by atoms with Crippen LogP contribution >= 0.6 is 9.93 Å². The number of rotatable bonds is 2. The Hall–Kier alpha value is -1.14. The molecule has 6 heteroatoms. The van der Waals surface area contributed by atoms with Crippen molar-refractivity contribution in [3.8, 4) is 0 Å². The van der Waals surface area contributed by atoms with Crippen molar-refractivity contribution in [2.24, 2.45) is 0 Å². The first-order valence-corrected chi connectivity index (χ1v) is 7.44. The molecule has 14 heavy (non-hydrogen) atoms. The Balaban J connectivity index is 2.43. The Labute approximate surface area is 84.1 Å². The molecule has 0 atom stereocenters. The van der Waals surface area contributed by atoms with Crippen LogP contribution in [-0.2, 0) is 8.87 Å². The number of hydrogen-bond acceptors (Lipinski definition) is 4. The average molecular weight is 228 g/mol. The van der Waals surface area contributed by atoms with E-state index in [2.05, 4.69) is 9.97 Å². The minimum Gasteiger partial charge on any atom is -0.226 e. The van der Waals surface area contributed by atoms with Crippen LogP contribution in [0.3, 0.4) is 0 Å². The van der Waals surface area contributed by atoms with Crippen LogP contribution in [0, 0.1) is 0 Å². The summed E-state index contributed by atoms with van der Waals surface area (Å²) in [5.41, 5.74) is 0. The number of thiol groups is 1. The number of allylic oxidation sites excluding steroid dienone is 2. The maximum absolute atomic E-state index is 11.8. The third kappa shape index (κ3) is 1.58. The predicted molar refractivity (Wildman–Crippen MR) is 56.5 cm³/mol. The minimum atomic E-state index is -3.37. The summed E-state index contributed by atoms with van der Waals surface area (Å²) in [6, 6.07) is 1.59. The molecular weight excluding hydrogens is 220 g/mol. The van der Waals surface area contributed by atoms with Crippen molar-refractivity contribution < 1.29 is 8.42 Å². The van der Waals surface area contributed by atoms with Crippen molar-refractivity contribution in [2.75, 3.05) is 0 Å². The molecule has 0 amide bonds. The van der Waals surface area contributed by atoms with E-state index in [9.17, 15) is 8.42 Å². The summed E-state index contributed by atoms with van der Waals surface area (Å²) < 4.78 is 23.7. The minimum absolute atomic E-state index is 0.0951. The standard InChI is InChI=1S/C8H8N2O2S2/c11-14(12,13-6-1-2-7-13)8-9-4-3-5-10-8/h1-7,13H. The van der Waals surface area contributed by atoms with Gasteiger partial charge in [0.05, 0.1) is 0 Å². The molecule has 1 aliphatic rings. The summed E-state index contributed by atoms with van der Waals surface area (Å²) in [6.45, 7) is 0. The van der Waals surface area contributed by atoms with Gasteiger partial charge in [-0.1, -0.05) is 12.2 Å². The Bertz CT molecular complexity index is 467. The van der Waals surface area contributed by atoms with E-state index < -0.39 is 18.8 Å². The molecule has 0 fully saturated rings. The van der Waals surface area contributed by atoms with E-state index in [4.69, 9.17) is 0 Å². The maximum atomic E-state index is 11.8. The van der Waals surface area contributed by atoms with Gasteiger partial charge in [-0.25, -0.2) is 18.4 Å². The Kier molecular flexibility index (Phi) is 2.39. The fourth-order valence-corrected chi connectivity index (χ4v) is 4.76. The second kappa shape index (κ2) is 3.55. The van der Waals surface area contributed by atoms with Gasteiger partial charge < -0.3 is 0 Å². The number of hydrogen-bond donors (Lipinski definition) is 1. The molecule has 2 heterocycles. The highest BCUT2D eigenvalue weighted by atomic mass is 33.2. The summed E-state index contributed by atoms with van der Waals surface area (Å²) in [4.78, 5) is 7.49. The van der Waals surface area contributed by atoms with Crippen LogP contribution in [0.25, 0.3) is 0 Å². The molecule has 0 aliphatic carbocycles. The molecule has 1 aromatic heterocycles. The highest BCUT2D eigenvalue weighted by molar-refractivity contribution is 8.83. The van der Waals surface area contributed by atoms with E-state index in [1.165, 1.54) is 12.4 Å². The largest absolute Gasteiger partial charge is 0.256 e. The SMILES string of the molecule is O=S(=O)(c1ncccn1)[SH]1C=CC=C1. The molecule has 0 saturated carbocycles. The van der Waals surface area contributed by atoms with Gasteiger partial charge in [0.15, 0.2) is 0 Å². The third-order valence-corrected chi connectivity index (χ3v) is 6.67. The lowest BCUT2D eigenvalue weighted by Gasteiger charge is -2.08. The summed E-state index contributed by atoms with van der Waals surface area (Å²) in [7, 11) is -4.65. The van der Waals surface area contributed by atoms with Gasteiger partial charge in [-0.05, 0) is 16.9 Å². The Morgan fingerprint density at radius 2 is 1.64 bits per heavy atom. The molecule has 74 valence electrons. The lowest BCUT2D eigenvalue weighted by Crippen LogP contribution is -2.03. The molecular formula is C8H8N2O2S2. The van der Waals surface area contributed by atoms with E-state index in [0.717, 1.165) is 0 Å². The van der Waals surface area contributed by atoms with E-state index >= 15 is 0 Å². The van der Waals surface area contributed by atoms with Crippen LogP contribution in [-0.4, -0.2) is 18.4 Å². The summed E-state index contributed by atoms with van der Waals surface area (Å²) in [5, 5.41) is 3.24. The van der Waals surface area contributed by atoms with Crippen molar-refractivity contribution in [3.05, 3.63) is 41.4 Å². The maximum Gasteiger partial charge on any atom is 0.256 e. The van der Waals surface area contributed by atoms with Crippen molar-refractivity contribution in [1.82, 2.24) is 9.97 Å². The molecule has 0 N–H and O–H groups in total. The van der Waals surface area contributed by atoms with Crippen molar-refractivity contribution in [2.45, 2.75) is 5.16 Å². The normalized spacial score (nSPS) is 17.6. The molecule has 0 unspecified atom stereocenters. The van der Waals surface area contributed by atoms with Gasteiger partial charge in [-0.15, -0.1) is 9.93 Å². The van der Waals surface area contributed by atoms with Crippen molar-refractivity contribution >= 4 is 18.8 Å². The molecule has 0 radical (unpaired) electrons. The summed E-state index contributed by atoms with van der Waals surface area (Å²) in [6.07, 6.45) is 6.32. The molecule has 0 saturated heterocycles. The zero-order chi connectivity index (χ0) is 10.0. The fourth-order valence-electron chi connectivity index (χ4n) is 0.992. The number of aromatic nitrogens is 2. The Morgan fingerprint density at radius 1 is 1.07 bits per heavy atom. The van der Waals surface area contributed by atoms with Gasteiger partial charge in [0.2, 0.25) is 0 Å². The van der Waals surface area contributed by atoms with E-state index in [1.54, 1.807) is 29.0 Å². The molecule has 4 nitrogen and oxygen atoms in total. The smallest absolute Gasteiger partial charge is 0.226 e. The molecule has 1 aliphatic heterocycles. The predicted octanol–water partition coefficient (Wildman–Crippen LogP) is 1.21. The van der Waals surface area contributed by atoms with Gasteiger partial charge in [-0.2, -0.15) is 0 Å². The van der Waals surface area contributed by atoms with Gasteiger partial charge in [0.25, 0.3) is 14.0 Å². The fraction of sp³-hybridized carbons (Fsp3) is 0. The highest BCUT2D eigenvalue weighted by Gasteiger charge is 2.23. The van der Waals surface area contributed by atoms with E-state index in [0.29, 0.717) is 0 Å².